The first-order valence-corrected chi connectivity index (χ1v) is 9.04. The number of nitrogens with zero attached hydrogens (tertiary/aromatic N) is 6. The van der Waals surface area contributed by atoms with E-state index in [4.69, 9.17) is 0 Å². The molecule has 2 aliphatic carbocycles. The molecule has 0 bridgehead atoms. The molecule has 1 aliphatic heterocycles. The van der Waals surface area contributed by atoms with Crippen LogP contribution in [0.3, 0.4) is 0 Å². The van der Waals surface area contributed by atoms with Crippen molar-refractivity contribution in [1.82, 2.24) is 20.4 Å². The predicted molar refractivity (Wildman–Crippen MR) is 92.4 cm³/mol. The molecule has 3 heterocycles. The lowest BCUT2D eigenvalue weighted by molar-refractivity contribution is 0.632. The quantitative estimate of drug-likeness (QED) is 0.861. The van der Waals surface area contributed by atoms with Crippen LogP contribution in [-0.4, -0.2) is 46.6 Å². The van der Waals surface area contributed by atoms with Crippen molar-refractivity contribution in [2.75, 3.05) is 36.0 Å². The van der Waals surface area contributed by atoms with Gasteiger partial charge in [-0.05, 0) is 49.9 Å². The van der Waals surface area contributed by atoms with Crippen LogP contribution in [0.15, 0.2) is 24.3 Å². The Morgan fingerprint density at radius 3 is 1.29 bits per heavy atom. The molecule has 2 aromatic rings. The van der Waals surface area contributed by atoms with Gasteiger partial charge >= 0.3 is 0 Å². The fraction of sp³-hybridized carbons (Fsp3) is 0.556. The fourth-order valence-corrected chi connectivity index (χ4v) is 3.37. The van der Waals surface area contributed by atoms with Crippen LogP contribution in [0, 0.1) is 0 Å². The second kappa shape index (κ2) is 5.69. The Hall–Kier alpha value is -2.24. The molecule has 2 aromatic heterocycles. The zero-order valence-corrected chi connectivity index (χ0v) is 13.8. The van der Waals surface area contributed by atoms with E-state index in [9.17, 15) is 0 Å². The van der Waals surface area contributed by atoms with Crippen molar-refractivity contribution in [2.24, 2.45) is 0 Å². The second-order valence-corrected chi connectivity index (χ2v) is 7.16. The Kier molecular flexibility index (Phi) is 3.35. The molecule has 1 saturated heterocycles. The molecule has 124 valence electrons. The summed E-state index contributed by atoms with van der Waals surface area (Å²) in [6, 6.07) is 8.55. The first-order chi connectivity index (χ1) is 11.9. The van der Waals surface area contributed by atoms with Gasteiger partial charge < -0.3 is 9.80 Å². The van der Waals surface area contributed by atoms with Gasteiger partial charge in [-0.1, -0.05) is 0 Å². The molecule has 0 spiro atoms. The van der Waals surface area contributed by atoms with Crippen LogP contribution in [0.4, 0.5) is 11.6 Å². The van der Waals surface area contributed by atoms with Gasteiger partial charge in [0.2, 0.25) is 0 Å². The number of hydrogen-bond donors (Lipinski definition) is 0. The van der Waals surface area contributed by atoms with Crippen molar-refractivity contribution < 1.29 is 0 Å². The normalized spacial score (nSPS) is 21.2. The summed E-state index contributed by atoms with van der Waals surface area (Å²) in [4.78, 5) is 4.62. The van der Waals surface area contributed by atoms with Crippen molar-refractivity contribution in [3.05, 3.63) is 35.7 Å². The summed E-state index contributed by atoms with van der Waals surface area (Å²) in [5.41, 5.74) is 2.31. The van der Waals surface area contributed by atoms with Gasteiger partial charge in [-0.15, -0.1) is 10.2 Å². The molecule has 0 aromatic carbocycles. The molecule has 0 radical (unpaired) electrons. The molecule has 2 saturated carbocycles. The second-order valence-electron chi connectivity index (χ2n) is 7.16. The summed E-state index contributed by atoms with van der Waals surface area (Å²) < 4.78 is 0. The molecule has 6 heteroatoms. The molecule has 0 N–H and O–H groups in total. The smallest absolute Gasteiger partial charge is 0.151 e. The molecule has 6 nitrogen and oxygen atoms in total. The summed E-state index contributed by atoms with van der Waals surface area (Å²) >= 11 is 0. The summed E-state index contributed by atoms with van der Waals surface area (Å²) in [6.07, 6.45) is 5.08. The zero-order valence-electron chi connectivity index (χ0n) is 13.8. The highest BCUT2D eigenvalue weighted by Gasteiger charge is 2.27. The zero-order chi connectivity index (χ0) is 15.9. The van der Waals surface area contributed by atoms with E-state index in [1.165, 1.54) is 25.7 Å². The lowest BCUT2D eigenvalue weighted by Gasteiger charge is -2.35. The Labute approximate surface area is 141 Å². The standard InChI is InChI=1S/C18H22N6/c1-2-13(1)15-5-7-17(21-19-15)23-9-11-24(12-10-23)18-8-6-16(20-22-18)14-3-4-14/h5-8,13-14H,1-4,9-12H2. The lowest BCUT2D eigenvalue weighted by Crippen LogP contribution is -2.47. The number of hydrogen-bond acceptors (Lipinski definition) is 6. The van der Waals surface area contributed by atoms with Gasteiger partial charge in [0.05, 0.1) is 11.4 Å². The van der Waals surface area contributed by atoms with E-state index >= 15 is 0 Å². The van der Waals surface area contributed by atoms with Crippen LogP contribution in [0.5, 0.6) is 0 Å². The van der Waals surface area contributed by atoms with E-state index in [2.05, 4.69) is 54.5 Å². The van der Waals surface area contributed by atoms with E-state index in [1.54, 1.807) is 0 Å². The summed E-state index contributed by atoms with van der Waals surface area (Å²) in [6.45, 7) is 3.79. The molecule has 3 aliphatic rings. The number of anilines is 2. The molecule has 0 unspecified atom stereocenters. The maximum Gasteiger partial charge on any atom is 0.151 e. The van der Waals surface area contributed by atoms with Gasteiger partial charge in [0.15, 0.2) is 11.6 Å². The van der Waals surface area contributed by atoms with Gasteiger partial charge in [0, 0.05) is 38.0 Å². The highest BCUT2D eigenvalue weighted by molar-refractivity contribution is 5.44. The van der Waals surface area contributed by atoms with Crippen LogP contribution >= 0.6 is 0 Å². The minimum Gasteiger partial charge on any atom is -0.352 e. The third-order valence-electron chi connectivity index (χ3n) is 5.26. The van der Waals surface area contributed by atoms with E-state index in [-0.39, 0.29) is 0 Å². The first kappa shape index (κ1) is 14.1. The van der Waals surface area contributed by atoms with Crippen LogP contribution in [0.1, 0.15) is 48.9 Å². The average Bonchev–Trinajstić information content (AvgIpc) is 3.55. The van der Waals surface area contributed by atoms with Crippen molar-refractivity contribution >= 4 is 11.6 Å². The molecular formula is C18H22N6. The SMILES string of the molecule is c1cc(N2CCN(c3ccc(C4CC4)nn3)CC2)nnc1C1CC1. The fourth-order valence-electron chi connectivity index (χ4n) is 3.37. The Balaban J connectivity index is 1.21. The Morgan fingerprint density at radius 1 is 0.583 bits per heavy atom. The molecular weight excluding hydrogens is 300 g/mol. The topological polar surface area (TPSA) is 58.0 Å². The molecule has 24 heavy (non-hydrogen) atoms. The third kappa shape index (κ3) is 2.81. The van der Waals surface area contributed by atoms with Crippen LogP contribution in [0.2, 0.25) is 0 Å². The van der Waals surface area contributed by atoms with Crippen LogP contribution < -0.4 is 9.80 Å². The summed E-state index contributed by atoms with van der Waals surface area (Å²) in [5, 5.41) is 17.7. The Morgan fingerprint density at radius 2 is 1.00 bits per heavy atom. The summed E-state index contributed by atoms with van der Waals surface area (Å²) in [7, 11) is 0. The van der Waals surface area contributed by atoms with Gasteiger partial charge in [-0.25, -0.2) is 0 Å². The van der Waals surface area contributed by atoms with E-state index in [0.29, 0.717) is 11.8 Å². The largest absolute Gasteiger partial charge is 0.352 e. The average molecular weight is 322 g/mol. The van der Waals surface area contributed by atoms with Crippen molar-refractivity contribution in [3.8, 4) is 0 Å². The highest BCUT2D eigenvalue weighted by Crippen LogP contribution is 2.39. The number of aromatic nitrogens is 4. The van der Waals surface area contributed by atoms with Crippen LogP contribution in [-0.2, 0) is 0 Å². The van der Waals surface area contributed by atoms with Crippen molar-refractivity contribution in [3.63, 3.8) is 0 Å². The van der Waals surface area contributed by atoms with Crippen molar-refractivity contribution in [1.29, 1.82) is 0 Å². The Bertz CT molecular complexity index is 634. The van der Waals surface area contributed by atoms with Crippen LogP contribution in [0.25, 0.3) is 0 Å². The van der Waals surface area contributed by atoms with Gasteiger partial charge in [-0.2, -0.15) is 10.2 Å². The monoisotopic (exact) mass is 322 g/mol. The van der Waals surface area contributed by atoms with E-state index in [0.717, 1.165) is 49.2 Å². The molecule has 3 fully saturated rings. The van der Waals surface area contributed by atoms with E-state index in [1.807, 2.05) is 0 Å². The molecule has 0 atom stereocenters. The lowest BCUT2D eigenvalue weighted by atomic mass is 10.2. The molecule has 5 rings (SSSR count). The minimum atomic E-state index is 0.667. The van der Waals surface area contributed by atoms with Gasteiger partial charge in [-0.3, -0.25) is 0 Å². The maximum absolute atomic E-state index is 4.43. The maximum atomic E-state index is 4.43. The van der Waals surface area contributed by atoms with Gasteiger partial charge in [0.1, 0.15) is 0 Å². The number of piperazine rings is 1. The van der Waals surface area contributed by atoms with Crippen molar-refractivity contribution in [2.45, 2.75) is 37.5 Å². The highest BCUT2D eigenvalue weighted by atomic mass is 15.3. The molecule has 0 amide bonds. The summed E-state index contributed by atoms with van der Waals surface area (Å²) in [5.74, 6) is 3.32. The van der Waals surface area contributed by atoms with Gasteiger partial charge in [0.25, 0.3) is 0 Å². The predicted octanol–water partition coefficient (Wildman–Crippen LogP) is 2.35. The third-order valence-corrected chi connectivity index (χ3v) is 5.26. The number of rotatable bonds is 4. The minimum absolute atomic E-state index is 0.667. The first-order valence-electron chi connectivity index (χ1n) is 9.04. The van der Waals surface area contributed by atoms with E-state index < -0.39 is 0 Å².